The van der Waals surface area contributed by atoms with Crippen molar-refractivity contribution in [3.63, 3.8) is 0 Å². The van der Waals surface area contributed by atoms with Gasteiger partial charge in [-0.25, -0.2) is 4.98 Å². The maximum absolute atomic E-state index is 6.43. The molecule has 2 N–H and O–H groups in total. The summed E-state index contributed by atoms with van der Waals surface area (Å²) in [5.74, 6) is 1.07. The highest BCUT2D eigenvalue weighted by Crippen LogP contribution is 2.31. The van der Waals surface area contributed by atoms with Gasteiger partial charge in [0, 0.05) is 24.0 Å². The monoisotopic (exact) mass is 263 g/mol. The van der Waals surface area contributed by atoms with E-state index in [4.69, 9.17) is 17.3 Å². The fourth-order valence-electron chi connectivity index (χ4n) is 2.94. The van der Waals surface area contributed by atoms with Crippen molar-refractivity contribution in [2.75, 3.05) is 0 Å². The number of aromatic nitrogens is 2. The average molecular weight is 264 g/mol. The van der Waals surface area contributed by atoms with E-state index in [0.29, 0.717) is 0 Å². The van der Waals surface area contributed by atoms with Gasteiger partial charge in [0.05, 0.1) is 11.0 Å². The molecule has 0 unspecified atom stereocenters. The first-order chi connectivity index (χ1) is 8.57. The van der Waals surface area contributed by atoms with Crippen molar-refractivity contribution < 1.29 is 0 Å². The third kappa shape index (κ3) is 2.02. The standard InChI is InChI=1S/C14H18ClN3/c1-18-12-8-10(15)4-5-11(12)17-13(18)9-14(16)6-2-3-7-14/h4-5,8H,2-3,6-7,9,16H2,1H3. The molecule has 0 saturated heterocycles. The number of benzene rings is 1. The summed E-state index contributed by atoms with van der Waals surface area (Å²) < 4.78 is 2.12. The summed E-state index contributed by atoms with van der Waals surface area (Å²) in [5, 5.41) is 0.750. The normalized spacial score (nSPS) is 18.6. The highest BCUT2D eigenvalue weighted by molar-refractivity contribution is 6.31. The number of fused-ring (bicyclic) bond motifs is 1. The lowest BCUT2D eigenvalue weighted by Crippen LogP contribution is -2.39. The van der Waals surface area contributed by atoms with Gasteiger partial charge in [0.15, 0.2) is 0 Å². The molecule has 18 heavy (non-hydrogen) atoms. The first-order valence-electron chi connectivity index (χ1n) is 6.47. The van der Waals surface area contributed by atoms with Crippen LogP contribution < -0.4 is 5.73 Å². The van der Waals surface area contributed by atoms with E-state index >= 15 is 0 Å². The summed E-state index contributed by atoms with van der Waals surface area (Å²) in [5.41, 5.74) is 8.46. The number of rotatable bonds is 2. The molecule has 0 radical (unpaired) electrons. The number of aryl methyl sites for hydroxylation is 1. The Hall–Kier alpha value is -1.06. The van der Waals surface area contributed by atoms with Crippen LogP contribution >= 0.6 is 11.6 Å². The lowest BCUT2D eigenvalue weighted by Gasteiger charge is -2.22. The van der Waals surface area contributed by atoms with Crippen LogP contribution in [0.4, 0.5) is 0 Å². The van der Waals surface area contributed by atoms with E-state index in [-0.39, 0.29) is 5.54 Å². The molecule has 1 aliphatic carbocycles. The summed E-state index contributed by atoms with van der Waals surface area (Å²) in [6.45, 7) is 0. The van der Waals surface area contributed by atoms with Crippen molar-refractivity contribution in [1.82, 2.24) is 9.55 Å². The third-order valence-corrected chi connectivity index (χ3v) is 4.28. The van der Waals surface area contributed by atoms with Crippen molar-refractivity contribution in [2.24, 2.45) is 12.8 Å². The molecule has 1 fully saturated rings. The van der Waals surface area contributed by atoms with Crippen LogP contribution in [-0.2, 0) is 13.5 Å². The number of halogens is 1. The average Bonchev–Trinajstić information content (AvgIpc) is 2.87. The fraction of sp³-hybridized carbons (Fsp3) is 0.500. The van der Waals surface area contributed by atoms with Gasteiger partial charge in [0.2, 0.25) is 0 Å². The Morgan fingerprint density at radius 1 is 1.39 bits per heavy atom. The largest absolute Gasteiger partial charge is 0.331 e. The second kappa shape index (κ2) is 4.25. The number of hydrogen-bond acceptors (Lipinski definition) is 2. The molecular formula is C14H18ClN3. The Balaban J connectivity index is 1.99. The smallest absolute Gasteiger partial charge is 0.111 e. The van der Waals surface area contributed by atoms with Crippen molar-refractivity contribution in [2.45, 2.75) is 37.6 Å². The van der Waals surface area contributed by atoms with Gasteiger partial charge in [-0.15, -0.1) is 0 Å². The molecule has 2 aromatic rings. The molecule has 0 aliphatic heterocycles. The molecule has 1 heterocycles. The van der Waals surface area contributed by atoms with Crippen LogP contribution in [0.2, 0.25) is 5.02 Å². The van der Waals surface area contributed by atoms with Crippen LogP contribution in [0.1, 0.15) is 31.5 Å². The SMILES string of the molecule is Cn1c(CC2(N)CCCC2)nc2ccc(Cl)cc21. The van der Waals surface area contributed by atoms with E-state index in [1.54, 1.807) is 0 Å². The highest BCUT2D eigenvalue weighted by atomic mass is 35.5. The summed E-state index contributed by atoms with van der Waals surface area (Å²) in [7, 11) is 2.04. The van der Waals surface area contributed by atoms with Gasteiger partial charge in [-0.3, -0.25) is 0 Å². The topological polar surface area (TPSA) is 43.8 Å². The molecular weight excluding hydrogens is 246 g/mol. The first kappa shape index (κ1) is 12.0. The van der Waals surface area contributed by atoms with E-state index in [9.17, 15) is 0 Å². The predicted molar refractivity (Wildman–Crippen MR) is 74.8 cm³/mol. The van der Waals surface area contributed by atoms with Crippen LogP contribution in [0.25, 0.3) is 11.0 Å². The van der Waals surface area contributed by atoms with Gasteiger partial charge in [-0.1, -0.05) is 24.4 Å². The van der Waals surface area contributed by atoms with E-state index in [1.165, 1.54) is 12.8 Å². The molecule has 3 nitrogen and oxygen atoms in total. The predicted octanol–water partition coefficient (Wildman–Crippen LogP) is 3.04. The Kier molecular flexibility index (Phi) is 2.83. The first-order valence-corrected chi connectivity index (χ1v) is 6.85. The van der Waals surface area contributed by atoms with Crippen molar-refractivity contribution in [3.8, 4) is 0 Å². The maximum Gasteiger partial charge on any atom is 0.111 e. The lowest BCUT2D eigenvalue weighted by molar-refractivity contribution is 0.422. The molecule has 1 aromatic heterocycles. The Bertz CT molecular complexity index is 582. The fourth-order valence-corrected chi connectivity index (χ4v) is 3.11. The number of hydrogen-bond donors (Lipinski definition) is 1. The molecule has 1 aromatic carbocycles. The van der Waals surface area contributed by atoms with E-state index in [2.05, 4.69) is 9.55 Å². The number of imidazole rings is 1. The molecule has 0 amide bonds. The maximum atomic E-state index is 6.43. The van der Waals surface area contributed by atoms with Gasteiger partial charge < -0.3 is 10.3 Å². The molecule has 1 saturated carbocycles. The second-order valence-electron chi connectivity index (χ2n) is 5.47. The molecule has 0 atom stereocenters. The zero-order valence-electron chi connectivity index (χ0n) is 10.6. The zero-order valence-corrected chi connectivity index (χ0v) is 11.4. The molecule has 4 heteroatoms. The molecule has 96 valence electrons. The van der Waals surface area contributed by atoms with Gasteiger partial charge in [0.25, 0.3) is 0 Å². The van der Waals surface area contributed by atoms with Gasteiger partial charge in [-0.2, -0.15) is 0 Å². The van der Waals surface area contributed by atoms with E-state index < -0.39 is 0 Å². The van der Waals surface area contributed by atoms with Gasteiger partial charge in [0.1, 0.15) is 5.82 Å². The van der Waals surface area contributed by atoms with Gasteiger partial charge in [-0.05, 0) is 31.0 Å². The minimum absolute atomic E-state index is 0.0566. The zero-order chi connectivity index (χ0) is 12.8. The Morgan fingerprint density at radius 3 is 2.83 bits per heavy atom. The minimum Gasteiger partial charge on any atom is -0.331 e. The minimum atomic E-state index is -0.0566. The van der Waals surface area contributed by atoms with E-state index in [0.717, 1.165) is 41.1 Å². The van der Waals surface area contributed by atoms with E-state index in [1.807, 2.05) is 25.2 Å². The van der Waals surface area contributed by atoms with Crippen LogP contribution in [0.5, 0.6) is 0 Å². The highest BCUT2D eigenvalue weighted by Gasteiger charge is 2.31. The van der Waals surface area contributed by atoms with Crippen molar-refractivity contribution >= 4 is 22.6 Å². The summed E-state index contributed by atoms with van der Waals surface area (Å²) in [4.78, 5) is 4.69. The van der Waals surface area contributed by atoms with Crippen LogP contribution in [0.15, 0.2) is 18.2 Å². The van der Waals surface area contributed by atoms with Crippen molar-refractivity contribution in [3.05, 3.63) is 29.0 Å². The van der Waals surface area contributed by atoms with Crippen LogP contribution in [-0.4, -0.2) is 15.1 Å². The summed E-state index contributed by atoms with van der Waals surface area (Å²) in [6, 6.07) is 5.82. The Morgan fingerprint density at radius 2 is 2.11 bits per heavy atom. The number of nitrogens with two attached hydrogens (primary N) is 1. The lowest BCUT2D eigenvalue weighted by atomic mass is 9.94. The summed E-state index contributed by atoms with van der Waals surface area (Å²) in [6.07, 6.45) is 5.56. The van der Waals surface area contributed by atoms with Crippen molar-refractivity contribution in [1.29, 1.82) is 0 Å². The molecule has 0 spiro atoms. The molecule has 1 aliphatic rings. The third-order valence-electron chi connectivity index (χ3n) is 4.05. The molecule has 3 rings (SSSR count). The van der Waals surface area contributed by atoms with Crippen LogP contribution in [0.3, 0.4) is 0 Å². The quantitative estimate of drug-likeness (QED) is 0.905. The number of nitrogens with zero attached hydrogens (tertiary/aromatic N) is 2. The summed E-state index contributed by atoms with van der Waals surface area (Å²) >= 11 is 6.03. The second-order valence-corrected chi connectivity index (χ2v) is 5.90. The molecule has 0 bridgehead atoms. The Labute approximate surface area is 112 Å². The van der Waals surface area contributed by atoms with Crippen LogP contribution in [0, 0.1) is 0 Å². The van der Waals surface area contributed by atoms with Gasteiger partial charge >= 0.3 is 0 Å².